The lowest BCUT2D eigenvalue weighted by molar-refractivity contribution is 0.693. The maximum atomic E-state index is 6.03. The van der Waals surface area contributed by atoms with Crippen LogP contribution in [0.4, 0.5) is 0 Å². The van der Waals surface area contributed by atoms with E-state index in [0.717, 1.165) is 30.2 Å². The first-order valence-electron chi connectivity index (χ1n) is 4.69. The van der Waals surface area contributed by atoms with Gasteiger partial charge in [0.25, 0.3) is 0 Å². The van der Waals surface area contributed by atoms with Crippen molar-refractivity contribution in [1.29, 1.82) is 0 Å². The van der Waals surface area contributed by atoms with Crippen LogP contribution in [0, 0.1) is 6.92 Å². The molecule has 1 aliphatic heterocycles. The molecule has 4 heteroatoms. The van der Waals surface area contributed by atoms with Crippen LogP contribution in [-0.2, 0) is 6.42 Å². The van der Waals surface area contributed by atoms with E-state index in [-0.39, 0.29) is 5.38 Å². The average molecular weight is 229 g/mol. The van der Waals surface area contributed by atoms with Crippen molar-refractivity contribution in [2.24, 2.45) is 0 Å². The third-order valence-corrected chi connectivity index (χ3v) is 3.29. The zero-order valence-electron chi connectivity index (χ0n) is 8.09. The molecule has 0 spiro atoms. The largest absolute Gasteiger partial charge is 0.311 e. The van der Waals surface area contributed by atoms with E-state index in [9.17, 15) is 0 Å². The van der Waals surface area contributed by atoms with Crippen molar-refractivity contribution in [1.82, 2.24) is 10.3 Å². The molecule has 14 heavy (non-hydrogen) atoms. The highest BCUT2D eigenvalue weighted by atomic mass is 35.5. The van der Waals surface area contributed by atoms with Gasteiger partial charge < -0.3 is 5.32 Å². The first-order valence-corrected chi connectivity index (χ1v) is 6.01. The number of aromatic nitrogens is 1. The molecule has 2 nitrogen and oxygen atoms in total. The number of thiazole rings is 1. The van der Waals surface area contributed by atoms with Gasteiger partial charge >= 0.3 is 0 Å². The second-order valence-electron chi connectivity index (χ2n) is 3.51. The van der Waals surface area contributed by atoms with Gasteiger partial charge in [-0.05, 0) is 6.92 Å². The molecule has 0 fully saturated rings. The first kappa shape index (κ1) is 10.1. The molecule has 1 N–H and O–H groups in total. The summed E-state index contributed by atoms with van der Waals surface area (Å²) in [5.74, 6) is 0. The fourth-order valence-corrected chi connectivity index (χ4v) is 2.49. The third-order valence-electron chi connectivity index (χ3n) is 2.18. The van der Waals surface area contributed by atoms with Gasteiger partial charge in [-0.15, -0.1) is 22.9 Å². The molecule has 1 aliphatic rings. The van der Waals surface area contributed by atoms with Crippen LogP contribution in [0.3, 0.4) is 0 Å². The molecule has 0 radical (unpaired) electrons. The van der Waals surface area contributed by atoms with E-state index in [1.807, 2.05) is 6.92 Å². The van der Waals surface area contributed by atoms with Crippen molar-refractivity contribution < 1.29 is 0 Å². The van der Waals surface area contributed by atoms with Crippen LogP contribution >= 0.6 is 22.9 Å². The van der Waals surface area contributed by atoms with Crippen molar-refractivity contribution >= 4 is 22.9 Å². The molecule has 2 heterocycles. The van der Waals surface area contributed by atoms with Crippen molar-refractivity contribution in [3.8, 4) is 0 Å². The molecule has 0 aliphatic carbocycles. The van der Waals surface area contributed by atoms with E-state index in [2.05, 4.69) is 21.8 Å². The van der Waals surface area contributed by atoms with E-state index >= 15 is 0 Å². The molecule has 0 amide bonds. The Morgan fingerprint density at radius 2 is 2.57 bits per heavy atom. The summed E-state index contributed by atoms with van der Waals surface area (Å²) in [4.78, 5) is 4.44. The number of hydrogen-bond acceptors (Lipinski definition) is 3. The fraction of sp³-hybridized carbons (Fsp3) is 0.500. The van der Waals surface area contributed by atoms with Gasteiger partial charge in [-0.25, -0.2) is 4.98 Å². The minimum absolute atomic E-state index is 0.137. The van der Waals surface area contributed by atoms with Crippen LogP contribution in [0.1, 0.15) is 10.7 Å². The SMILES string of the molecule is Cc1nc(CC2=CC(Cl)CNC2)cs1. The monoisotopic (exact) mass is 228 g/mol. The van der Waals surface area contributed by atoms with Gasteiger partial charge in [-0.2, -0.15) is 0 Å². The molecule has 1 aromatic rings. The Labute approximate surface area is 93.0 Å². The van der Waals surface area contributed by atoms with E-state index in [4.69, 9.17) is 11.6 Å². The van der Waals surface area contributed by atoms with Gasteiger partial charge in [-0.1, -0.05) is 11.6 Å². The van der Waals surface area contributed by atoms with Gasteiger partial charge in [0.15, 0.2) is 0 Å². The molecule has 0 bridgehead atoms. The number of alkyl halides is 1. The Hall–Kier alpha value is -0.380. The highest BCUT2D eigenvalue weighted by molar-refractivity contribution is 7.09. The van der Waals surface area contributed by atoms with Crippen LogP contribution in [0.2, 0.25) is 0 Å². The second kappa shape index (κ2) is 4.43. The Morgan fingerprint density at radius 1 is 1.71 bits per heavy atom. The predicted octanol–water partition coefficient (Wildman–Crippen LogP) is 2.13. The van der Waals surface area contributed by atoms with Crippen LogP contribution in [0.25, 0.3) is 0 Å². The molecule has 0 saturated carbocycles. The summed E-state index contributed by atoms with van der Waals surface area (Å²) in [6, 6.07) is 0. The lowest BCUT2D eigenvalue weighted by Gasteiger charge is -2.17. The average Bonchev–Trinajstić information content (AvgIpc) is 2.51. The fourth-order valence-electron chi connectivity index (χ4n) is 1.59. The lowest BCUT2D eigenvalue weighted by Crippen LogP contribution is -2.30. The van der Waals surface area contributed by atoms with E-state index in [1.165, 1.54) is 5.57 Å². The van der Waals surface area contributed by atoms with E-state index < -0.39 is 0 Å². The van der Waals surface area contributed by atoms with Crippen molar-refractivity contribution in [2.45, 2.75) is 18.7 Å². The topological polar surface area (TPSA) is 24.9 Å². The molecular formula is C10H13ClN2S. The van der Waals surface area contributed by atoms with E-state index in [0.29, 0.717) is 0 Å². The highest BCUT2D eigenvalue weighted by Gasteiger charge is 2.11. The smallest absolute Gasteiger partial charge is 0.0897 e. The molecule has 76 valence electrons. The minimum Gasteiger partial charge on any atom is -0.311 e. The molecule has 1 aromatic heterocycles. The summed E-state index contributed by atoms with van der Waals surface area (Å²) >= 11 is 7.73. The van der Waals surface area contributed by atoms with Gasteiger partial charge in [0.2, 0.25) is 0 Å². The van der Waals surface area contributed by atoms with Gasteiger partial charge in [-0.3, -0.25) is 0 Å². The molecular weight excluding hydrogens is 216 g/mol. The number of rotatable bonds is 2. The van der Waals surface area contributed by atoms with Gasteiger partial charge in [0.05, 0.1) is 16.1 Å². The van der Waals surface area contributed by atoms with Crippen LogP contribution in [-0.4, -0.2) is 23.5 Å². The van der Waals surface area contributed by atoms with Crippen LogP contribution in [0.5, 0.6) is 0 Å². The number of halogens is 1. The molecule has 1 atom stereocenters. The second-order valence-corrected chi connectivity index (χ2v) is 5.13. The lowest BCUT2D eigenvalue weighted by atomic mass is 10.1. The Kier molecular flexibility index (Phi) is 3.21. The van der Waals surface area contributed by atoms with Crippen molar-refractivity contribution in [3.05, 3.63) is 27.7 Å². The minimum atomic E-state index is 0.137. The quantitative estimate of drug-likeness (QED) is 0.620. The molecule has 2 rings (SSSR count). The van der Waals surface area contributed by atoms with E-state index in [1.54, 1.807) is 11.3 Å². The van der Waals surface area contributed by atoms with Gasteiger partial charge in [0.1, 0.15) is 0 Å². The Morgan fingerprint density at radius 3 is 3.21 bits per heavy atom. The maximum absolute atomic E-state index is 6.03. The normalized spacial score (nSPS) is 22.1. The summed E-state index contributed by atoms with van der Waals surface area (Å²) in [6.45, 7) is 3.85. The van der Waals surface area contributed by atoms with Crippen molar-refractivity contribution in [2.75, 3.05) is 13.1 Å². The van der Waals surface area contributed by atoms with Crippen molar-refractivity contribution in [3.63, 3.8) is 0 Å². The molecule has 0 saturated heterocycles. The summed E-state index contributed by atoms with van der Waals surface area (Å²) in [5, 5.41) is 6.67. The standard InChI is InChI=1S/C10H13ClN2S/c1-7-13-10(6-14-7)3-8-2-9(11)5-12-4-8/h2,6,9,12H,3-5H2,1H3. The predicted molar refractivity (Wildman–Crippen MR) is 61.1 cm³/mol. The summed E-state index contributed by atoms with van der Waals surface area (Å²) in [7, 11) is 0. The number of nitrogens with one attached hydrogen (secondary N) is 1. The highest BCUT2D eigenvalue weighted by Crippen LogP contribution is 2.15. The summed E-state index contributed by atoms with van der Waals surface area (Å²) in [5.41, 5.74) is 2.51. The van der Waals surface area contributed by atoms with Crippen LogP contribution in [0.15, 0.2) is 17.0 Å². The zero-order valence-corrected chi connectivity index (χ0v) is 9.66. The van der Waals surface area contributed by atoms with Gasteiger partial charge in [0, 0.05) is 24.9 Å². The zero-order chi connectivity index (χ0) is 9.97. The third kappa shape index (κ3) is 2.56. The Balaban J connectivity index is 2.03. The molecule has 1 unspecified atom stereocenters. The summed E-state index contributed by atoms with van der Waals surface area (Å²) in [6.07, 6.45) is 3.08. The van der Waals surface area contributed by atoms with Crippen LogP contribution < -0.4 is 5.32 Å². The number of hydrogen-bond donors (Lipinski definition) is 1. The molecule has 0 aromatic carbocycles. The first-order chi connectivity index (χ1) is 6.74. The maximum Gasteiger partial charge on any atom is 0.0897 e. The number of aryl methyl sites for hydroxylation is 1. The summed E-state index contributed by atoms with van der Waals surface area (Å²) < 4.78 is 0. The Bertz CT molecular complexity index is 346. The number of nitrogens with zero attached hydrogens (tertiary/aromatic N) is 1.